The first-order valence-electron chi connectivity index (χ1n) is 7.36. The largest absolute Gasteiger partial charge is 0.386 e. The maximum Gasteiger partial charge on any atom is 0.261 e. The predicted molar refractivity (Wildman–Crippen MR) is 79.5 cm³/mol. The maximum atomic E-state index is 13.3. The second kappa shape index (κ2) is 7.76. The van der Waals surface area contributed by atoms with E-state index in [2.05, 4.69) is 17.4 Å². The molecule has 1 aliphatic carbocycles. The third-order valence-electron chi connectivity index (χ3n) is 3.83. The van der Waals surface area contributed by atoms with E-state index in [-0.39, 0.29) is 24.4 Å². The third kappa shape index (κ3) is 4.85. The van der Waals surface area contributed by atoms with Gasteiger partial charge in [-0.3, -0.25) is 4.79 Å². The summed E-state index contributed by atoms with van der Waals surface area (Å²) in [6.07, 6.45) is 5.83. The summed E-state index contributed by atoms with van der Waals surface area (Å²) in [5.41, 5.74) is 0.332. The van der Waals surface area contributed by atoms with Crippen LogP contribution in [0.25, 0.3) is 0 Å². The van der Waals surface area contributed by atoms with E-state index in [1.54, 1.807) is 18.2 Å². The fraction of sp³-hybridized carbons (Fsp3) is 0.500. The number of hydrogen-bond donors (Lipinski definition) is 1. The molecule has 1 aromatic carbocycles. The van der Waals surface area contributed by atoms with E-state index in [0.717, 1.165) is 19.3 Å². The minimum absolute atomic E-state index is 0.145. The highest BCUT2D eigenvalue weighted by atomic mass is 19.1. The van der Waals surface area contributed by atoms with Gasteiger partial charge in [0.25, 0.3) is 5.91 Å². The number of nitrogens with one attached hydrogen (secondary N) is 1. The molecule has 2 atom stereocenters. The zero-order valence-corrected chi connectivity index (χ0v) is 12.2. The molecule has 0 heterocycles. The van der Waals surface area contributed by atoms with Crippen LogP contribution in [0, 0.1) is 11.7 Å². The monoisotopic (exact) mass is 292 g/mol. The first kappa shape index (κ1) is 15.5. The highest BCUT2D eigenvalue weighted by molar-refractivity contribution is 5.80. The molecule has 0 unspecified atom stereocenters. The second-order valence-electron chi connectivity index (χ2n) is 5.47. The van der Waals surface area contributed by atoms with Gasteiger partial charge in [-0.2, -0.15) is 0 Å². The standard InChI is InChI=1S/C16H21FN2O2/c1-12-6-2-5-9-15(12)19-16(20)11-21-18-10-13-7-3-4-8-14(13)17/h3-4,7-8,10,12,15H,2,5-6,9,11H2,1H3,(H,19,20)/b18-10-/t12-,15-/m0/s1. The molecule has 5 heteroatoms. The molecule has 0 spiro atoms. The van der Waals surface area contributed by atoms with Gasteiger partial charge >= 0.3 is 0 Å². The molecule has 1 aromatic rings. The van der Waals surface area contributed by atoms with Crippen LogP contribution in [-0.2, 0) is 9.63 Å². The Balaban J connectivity index is 1.73. The SMILES string of the molecule is C[C@H]1CCCC[C@@H]1NC(=O)CO/N=C\c1ccccc1F. The van der Waals surface area contributed by atoms with E-state index in [0.29, 0.717) is 11.5 Å². The molecule has 21 heavy (non-hydrogen) atoms. The highest BCUT2D eigenvalue weighted by Gasteiger charge is 2.22. The lowest BCUT2D eigenvalue weighted by Crippen LogP contribution is -2.42. The van der Waals surface area contributed by atoms with E-state index >= 15 is 0 Å². The summed E-state index contributed by atoms with van der Waals surface area (Å²) in [5, 5.41) is 6.60. The normalized spacial score (nSPS) is 22.2. The van der Waals surface area contributed by atoms with Crippen LogP contribution in [0.3, 0.4) is 0 Å². The lowest BCUT2D eigenvalue weighted by Gasteiger charge is -2.29. The van der Waals surface area contributed by atoms with Crippen molar-refractivity contribution in [1.29, 1.82) is 0 Å². The van der Waals surface area contributed by atoms with Crippen molar-refractivity contribution in [2.24, 2.45) is 11.1 Å². The molecule has 114 valence electrons. The molecule has 0 aromatic heterocycles. The van der Waals surface area contributed by atoms with Crippen molar-refractivity contribution in [1.82, 2.24) is 5.32 Å². The Hall–Kier alpha value is -1.91. The number of benzene rings is 1. The van der Waals surface area contributed by atoms with Crippen molar-refractivity contribution in [2.75, 3.05) is 6.61 Å². The number of rotatable bonds is 5. The third-order valence-corrected chi connectivity index (χ3v) is 3.83. The smallest absolute Gasteiger partial charge is 0.261 e. The van der Waals surface area contributed by atoms with Crippen molar-refractivity contribution >= 4 is 12.1 Å². The van der Waals surface area contributed by atoms with Crippen molar-refractivity contribution < 1.29 is 14.0 Å². The first-order valence-corrected chi connectivity index (χ1v) is 7.36. The molecule has 0 bridgehead atoms. The molecule has 0 radical (unpaired) electrons. The molecular formula is C16H21FN2O2. The second-order valence-corrected chi connectivity index (χ2v) is 5.47. The van der Waals surface area contributed by atoms with Crippen LogP contribution in [0.5, 0.6) is 0 Å². The number of oxime groups is 1. The number of amides is 1. The zero-order chi connectivity index (χ0) is 15.1. The summed E-state index contributed by atoms with van der Waals surface area (Å²) in [4.78, 5) is 16.7. The van der Waals surface area contributed by atoms with Crippen LogP contribution in [0.15, 0.2) is 29.4 Å². The topological polar surface area (TPSA) is 50.7 Å². The van der Waals surface area contributed by atoms with Crippen LogP contribution in [-0.4, -0.2) is 24.8 Å². The summed E-state index contributed by atoms with van der Waals surface area (Å²) in [6.45, 7) is 2.01. The van der Waals surface area contributed by atoms with Crippen LogP contribution in [0.4, 0.5) is 4.39 Å². The van der Waals surface area contributed by atoms with E-state index < -0.39 is 0 Å². The van der Waals surface area contributed by atoms with Crippen molar-refractivity contribution in [3.05, 3.63) is 35.6 Å². The Kier molecular flexibility index (Phi) is 5.72. The Morgan fingerprint density at radius 1 is 1.43 bits per heavy atom. The minimum Gasteiger partial charge on any atom is -0.386 e. The quantitative estimate of drug-likeness (QED) is 0.670. The van der Waals surface area contributed by atoms with Crippen LogP contribution < -0.4 is 5.32 Å². The molecule has 1 saturated carbocycles. The van der Waals surface area contributed by atoms with Gasteiger partial charge in [-0.1, -0.05) is 43.1 Å². The number of nitrogens with zero attached hydrogens (tertiary/aromatic N) is 1. The predicted octanol–water partition coefficient (Wildman–Crippen LogP) is 2.87. The molecule has 0 saturated heterocycles. The van der Waals surface area contributed by atoms with Gasteiger partial charge < -0.3 is 10.2 Å². The molecule has 4 nitrogen and oxygen atoms in total. The van der Waals surface area contributed by atoms with Crippen molar-refractivity contribution in [3.63, 3.8) is 0 Å². The minimum atomic E-state index is -0.370. The summed E-state index contributed by atoms with van der Waals surface area (Å²) >= 11 is 0. The fourth-order valence-corrected chi connectivity index (χ4v) is 2.55. The van der Waals surface area contributed by atoms with E-state index in [1.807, 2.05) is 0 Å². The van der Waals surface area contributed by atoms with Gasteiger partial charge in [-0.25, -0.2) is 4.39 Å². The number of carbonyl (C=O) groups excluding carboxylic acids is 1. The lowest BCUT2D eigenvalue weighted by atomic mass is 9.86. The van der Waals surface area contributed by atoms with E-state index in [1.165, 1.54) is 18.7 Å². The summed E-state index contributed by atoms with van der Waals surface area (Å²) in [6, 6.07) is 6.48. The lowest BCUT2D eigenvalue weighted by molar-refractivity contribution is -0.126. The van der Waals surface area contributed by atoms with E-state index in [4.69, 9.17) is 4.84 Å². The Bertz CT molecular complexity index is 505. The van der Waals surface area contributed by atoms with Gasteiger partial charge in [-0.15, -0.1) is 0 Å². The van der Waals surface area contributed by atoms with Gasteiger partial charge in [0.1, 0.15) is 5.82 Å². The Morgan fingerprint density at radius 2 is 2.19 bits per heavy atom. The van der Waals surface area contributed by atoms with Gasteiger partial charge in [0.05, 0.1) is 6.21 Å². The van der Waals surface area contributed by atoms with Gasteiger partial charge in [0.2, 0.25) is 0 Å². The average Bonchev–Trinajstić information content (AvgIpc) is 2.48. The van der Waals surface area contributed by atoms with Gasteiger partial charge in [-0.05, 0) is 24.8 Å². The van der Waals surface area contributed by atoms with Crippen LogP contribution in [0.1, 0.15) is 38.2 Å². The molecule has 2 rings (SSSR count). The molecule has 1 fully saturated rings. The number of halogens is 1. The summed E-state index contributed by atoms with van der Waals surface area (Å²) in [5.74, 6) is -0.0469. The van der Waals surface area contributed by atoms with Gasteiger partial charge in [0, 0.05) is 11.6 Å². The molecule has 1 amide bonds. The Labute approximate surface area is 124 Å². The Morgan fingerprint density at radius 3 is 2.95 bits per heavy atom. The summed E-state index contributed by atoms with van der Waals surface area (Å²) in [7, 11) is 0. The average molecular weight is 292 g/mol. The zero-order valence-electron chi connectivity index (χ0n) is 12.2. The van der Waals surface area contributed by atoms with Crippen LogP contribution >= 0.6 is 0 Å². The highest BCUT2D eigenvalue weighted by Crippen LogP contribution is 2.23. The van der Waals surface area contributed by atoms with Crippen LogP contribution in [0.2, 0.25) is 0 Å². The first-order chi connectivity index (χ1) is 10.2. The molecule has 1 N–H and O–H groups in total. The number of hydrogen-bond acceptors (Lipinski definition) is 3. The van der Waals surface area contributed by atoms with Crippen molar-refractivity contribution in [2.45, 2.75) is 38.6 Å². The fourth-order valence-electron chi connectivity index (χ4n) is 2.55. The summed E-state index contributed by atoms with van der Waals surface area (Å²) < 4.78 is 13.3. The van der Waals surface area contributed by atoms with E-state index in [9.17, 15) is 9.18 Å². The maximum absolute atomic E-state index is 13.3. The molecule has 0 aliphatic heterocycles. The molecule has 1 aliphatic rings. The van der Waals surface area contributed by atoms with Gasteiger partial charge in [0.15, 0.2) is 6.61 Å². The number of carbonyl (C=O) groups is 1. The van der Waals surface area contributed by atoms with Crippen molar-refractivity contribution in [3.8, 4) is 0 Å². The molecular weight excluding hydrogens is 271 g/mol.